The lowest BCUT2D eigenvalue weighted by atomic mass is 10.5. The van der Waals surface area contributed by atoms with Crippen LogP contribution in [0, 0.1) is 5.21 Å². The van der Waals surface area contributed by atoms with Crippen LogP contribution in [-0.2, 0) is 4.79 Å². The summed E-state index contributed by atoms with van der Waals surface area (Å²) in [5, 5.41) is 11.0. The quantitative estimate of drug-likeness (QED) is 0.218. The fourth-order valence-corrected chi connectivity index (χ4v) is 0.131. The van der Waals surface area contributed by atoms with Crippen molar-refractivity contribution in [2.75, 3.05) is 0 Å². The maximum absolute atomic E-state index is 9.34. The van der Waals surface area contributed by atoms with E-state index in [4.69, 9.17) is 4.79 Å². The maximum Gasteiger partial charge on any atom is 0.152 e. The lowest BCUT2D eigenvalue weighted by molar-refractivity contribution is -0.368. The van der Waals surface area contributed by atoms with Crippen molar-refractivity contribution in [3.05, 3.63) is 17.9 Å². The van der Waals surface area contributed by atoms with Gasteiger partial charge in [-0.05, 0) is 0 Å². The molecule has 0 heterocycles. The molecule has 0 bridgehead atoms. The predicted molar refractivity (Wildman–Crippen MR) is 32.3 cm³/mol. The normalized spacial score (nSPS) is 7.50. The Morgan fingerprint density at radius 1 is 1.62 bits per heavy atom. The van der Waals surface area contributed by atoms with E-state index in [1.165, 1.54) is 6.21 Å². The highest BCUT2D eigenvalue weighted by Crippen LogP contribution is 1.62. The highest BCUT2D eigenvalue weighted by Gasteiger charge is 1.63. The Morgan fingerprint density at radius 2 is 2.12 bits per heavy atom. The van der Waals surface area contributed by atoms with Crippen molar-refractivity contribution in [2.45, 2.75) is 6.42 Å². The summed E-state index contributed by atoms with van der Waals surface area (Å²) >= 11 is 0. The van der Waals surface area contributed by atoms with Gasteiger partial charge in [0.25, 0.3) is 0 Å². The van der Waals surface area contributed by atoms with Crippen LogP contribution < -0.4 is 5.16 Å². The molecule has 0 aromatic carbocycles. The highest BCUT2D eigenvalue weighted by molar-refractivity contribution is 5.52. The van der Waals surface area contributed by atoms with Crippen molar-refractivity contribution < 1.29 is 9.95 Å². The van der Waals surface area contributed by atoms with Crippen LogP contribution in [-0.4, -0.2) is 13.0 Å². The first-order valence-electron chi connectivity index (χ1n) is 2.01. The Balaban J connectivity index is 0. The Hall–Kier alpha value is -1.12. The number of hydrogen-bond acceptors (Lipinski definition) is 2. The second-order valence-electron chi connectivity index (χ2n) is 0.846. The van der Waals surface area contributed by atoms with Crippen LogP contribution in [0.3, 0.4) is 0 Å². The number of carbonyl (C=O) groups excluding carboxylic acids is 1. The van der Waals surface area contributed by atoms with Gasteiger partial charge in [0, 0.05) is 6.42 Å². The van der Waals surface area contributed by atoms with Crippen molar-refractivity contribution in [3.63, 3.8) is 0 Å². The van der Waals surface area contributed by atoms with E-state index in [1.54, 1.807) is 11.2 Å². The van der Waals surface area contributed by atoms with E-state index in [0.717, 1.165) is 0 Å². The van der Waals surface area contributed by atoms with E-state index in [2.05, 4.69) is 6.58 Å². The van der Waals surface area contributed by atoms with E-state index in [1.807, 2.05) is 6.79 Å². The fourth-order valence-electron chi connectivity index (χ4n) is 0.131. The molecule has 0 unspecified atom stereocenters. The number of hydrogen-bond donors (Lipinski definition) is 1. The van der Waals surface area contributed by atoms with Crippen molar-refractivity contribution in [1.82, 2.24) is 0 Å². The molecule has 0 atom stereocenters. The zero-order chi connectivity index (χ0) is 6.83. The molecule has 1 N–H and O–H groups in total. The third-order valence-electron chi connectivity index (χ3n) is 0.368. The molecule has 3 nitrogen and oxygen atoms in total. The van der Waals surface area contributed by atoms with Gasteiger partial charge in [0.05, 0.1) is 0 Å². The van der Waals surface area contributed by atoms with Crippen LogP contribution >= 0.6 is 0 Å². The molecule has 0 aliphatic carbocycles. The zero-order valence-electron chi connectivity index (χ0n) is 4.59. The molecule has 46 valence electrons. The lowest BCUT2D eigenvalue weighted by Crippen LogP contribution is -2.59. The number of allylic oxidation sites excluding steroid dienone is 1. The van der Waals surface area contributed by atoms with Crippen LogP contribution in [0.2, 0.25) is 0 Å². The topological polar surface area (TPSA) is 54.1 Å². The van der Waals surface area contributed by atoms with E-state index in [-0.39, 0.29) is 0 Å². The van der Waals surface area contributed by atoms with Gasteiger partial charge >= 0.3 is 0 Å². The molecular weight excluding hydrogens is 106 g/mol. The molecule has 0 amide bonds. The maximum atomic E-state index is 9.34. The second-order valence-corrected chi connectivity index (χ2v) is 0.846. The first kappa shape index (κ1) is 9.99. The smallest absolute Gasteiger partial charge is 0.152 e. The Bertz CT molecular complexity index is 70.8. The van der Waals surface area contributed by atoms with Gasteiger partial charge in [0.2, 0.25) is 0 Å². The molecule has 3 heteroatoms. The van der Waals surface area contributed by atoms with Crippen molar-refractivity contribution in [3.8, 4) is 0 Å². The second kappa shape index (κ2) is 16.9. The SMILES string of the molecule is C=CCC=[NH+][O-].C=O. The van der Waals surface area contributed by atoms with Crippen molar-refractivity contribution in [1.29, 1.82) is 0 Å². The number of carbonyl (C=O) groups is 1. The van der Waals surface area contributed by atoms with Crippen LogP contribution in [0.4, 0.5) is 0 Å². The van der Waals surface area contributed by atoms with Crippen LogP contribution in [0.5, 0.6) is 0 Å². The van der Waals surface area contributed by atoms with Gasteiger partial charge < -0.3 is 10.0 Å². The molecule has 0 aliphatic rings. The van der Waals surface area contributed by atoms with Crippen molar-refractivity contribution >= 4 is 13.0 Å². The minimum atomic E-state index is 0.628. The first-order valence-corrected chi connectivity index (χ1v) is 2.01. The summed E-state index contributed by atoms with van der Waals surface area (Å²) in [5.74, 6) is 0. The molecule has 0 aromatic heterocycles. The average Bonchev–Trinajstić information content (AvgIpc) is 1.88. The van der Waals surface area contributed by atoms with Crippen LogP contribution in [0.15, 0.2) is 12.7 Å². The predicted octanol–water partition coefficient (Wildman–Crippen LogP) is -0.973. The number of nitrogens with one attached hydrogen (secondary N) is 1. The highest BCUT2D eigenvalue weighted by atomic mass is 16.4. The van der Waals surface area contributed by atoms with Gasteiger partial charge in [-0.3, -0.25) is 0 Å². The summed E-state index contributed by atoms with van der Waals surface area (Å²) in [6.45, 7) is 5.39. The standard InChI is InChI=1S/C4H7NO.CH2O/c1-2-3-4-5-6;1-2/h2,4-5H,1,3H2;1H2. The molecule has 0 rings (SSSR count). The van der Waals surface area contributed by atoms with Gasteiger partial charge in [-0.25, -0.2) is 5.16 Å². The molecule has 0 spiro atoms. The van der Waals surface area contributed by atoms with Crippen LogP contribution in [0.25, 0.3) is 0 Å². The van der Waals surface area contributed by atoms with E-state index in [9.17, 15) is 5.21 Å². The van der Waals surface area contributed by atoms with Gasteiger partial charge in [0.15, 0.2) is 6.21 Å². The molecule has 8 heavy (non-hydrogen) atoms. The fraction of sp³-hybridized carbons (Fsp3) is 0.200. The summed E-state index contributed by atoms with van der Waals surface area (Å²) in [5.41, 5.74) is 0. The Labute approximate surface area is 48.3 Å². The van der Waals surface area contributed by atoms with Crippen LogP contribution in [0.1, 0.15) is 6.42 Å². The summed E-state index contributed by atoms with van der Waals surface area (Å²) in [6, 6.07) is 0. The van der Waals surface area contributed by atoms with Gasteiger partial charge in [-0.1, -0.05) is 6.08 Å². The lowest BCUT2D eigenvalue weighted by Gasteiger charge is -1.72. The summed E-state index contributed by atoms with van der Waals surface area (Å²) in [4.78, 5) is 8.00. The molecule has 0 radical (unpaired) electrons. The first-order chi connectivity index (χ1) is 3.91. The molecule has 0 saturated carbocycles. The monoisotopic (exact) mass is 115 g/mol. The van der Waals surface area contributed by atoms with Gasteiger partial charge in [0.1, 0.15) is 6.79 Å². The van der Waals surface area contributed by atoms with Gasteiger partial charge in [-0.15, -0.1) is 6.58 Å². The molecule has 0 fully saturated rings. The van der Waals surface area contributed by atoms with E-state index in [0.29, 0.717) is 6.42 Å². The third kappa shape index (κ3) is 20.8. The molecule has 0 aliphatic heterocycles. The third-order valence-corrected chi connectivity index (χ3v) is 0.368. The minimum Gasteiger partial charge on any atom is -0.626 e. The minimum absolute atomic E-state index is 0.628. The average molecular weight is 115 g/mol. The molecule has 0 saturated heterocycles. The molecular formula is C5H9NO2. The van der Waals surface area contributed by atoms with E-state index < -0.39 is 0 Å². The summed E-state index contributed by atoms with van der Waals surface area (Å²) < 4.78 is 0. The van der Waals surface area contributed by atoms with Crippen molar-refractivity contribution in [2.24, 2.45) is 0 Å². The summed E-state index contributed by atoms with van der Waals surface area (Å²) in [6.07, 6.45) is 3.65. The van der Waals surface area contributed by atoms with E-state index >= 15 is 0 Å². The Kier molecular flexibility index (Phi) is 21.1. The Morgan fingerprint density at radius 3 is 2.25 bits per heavy atom. The summed E-state index contributed by atoms with van der Waals surface area (Å²) in [7, 11) is 0. The molecule has 0 aromatic rings. The van der Waals surface area contributed by atoms with Gasteiger partial charge in [-0.2, -0.15) is 0 Å². The zero-order valence-corrected chi connectivity index (χ0v) is 4.59. The largest absolute Gasteiger partial charge is 0.626 e. The number of rotatable bonds is 2.